The molecule has 1 aliphatic rings. The maximum absolute atomic E-state index is 13.4. The van der Waals surface area contributed by atoms with E-state index in [0.29, 0.717) is 22.6 Å². The van der Waals surface area contributed by atoms with Gasteiger partial charge in [0.2, 0.25) is 10.0 Å². The number of rotatable bonds is 4. The van der Waals surface area contributed by atoms with Gasteiger partial charge in [-0.1, -0.05) is 61.8 Å². The minimum absolute atomic E-state index is 0.134. The molecule has 5 nitrogen and oxygen atoms in total. The van der Waals surface area contributed by atoms with Crippen LogP contribution in [0.2, 0.25) is 10.0 Å². The number of carbonyl (C=O) groups is 1. The monoisotopic (exact) mass is 453 g/mol. The Morgan fingerprint density at radius 3 is 2.48 bits per heavy atom. The number of nitrogens with zero attached hydrogens (tertiary/aromatic N) is 1. The van der Waals surface area contributed by atoms with E-state index < -0.39 is 22.0 Å². The maximum Gasteiger partial charge on any atom is 0.330 e. The van der Waals surface area contributed by atoms with Crippen LogP contribution in [0, 0.1) is 5.92 Å². The molecule has 154 valence electrons. The van der Waals surface area contributed by atoms with Crippen LogP contribution in [0.1, 0.15) is 25.8 Å². The smallest absolute Gasteiger partial charge is 0.330 e. The normalized spacial score (nSPS) is 17.5. The molecule has 1 aliphatic heterocycles. The third-order valence-electron chi connectivity index (χ3n) is 4.78. The van der Waals surface area contributed by atoms with Gasteiger partial charge >= 0.3 is 5.97 Å². The Hall–Kier alpha value is -1.86. The molecule has 2 aromatic rings. The number of sulfonamides is 1. The second-order valence-corrected chi connectivity index (χ2v) is 9.82. The van der Waals surface area contributed by atoms with E-state index >= 15 is 0 Å². The third-order valence-corrected chi connectivity index (χ3v) is 7.46. The van der Waals surface area contributed by atoms with Crippen molar-refractivity contribution in [2.75, 3.05) is 6.54 Å². The van der Waals surface area contributed by atoms with E-state index in [1.807, 2.05) is 0 Å². The van der Waals surface area contributed by atoms with Gasteiger partial charge in [0.1, 0.15) is 11.8 Å². The van der Waals surface area contributed by atoms with Crippen molar-refractivity contribution in [1.82, 2.24) is 4.31 Å². The molecule has 0 unspecified atom stereocenters. The molecular weight excluding hydrogens is 433 g/mol. The molecule has 0 radical (unpaired) electrons. The average Bonchev–Trinajstić information content (AvgIpc) is 2.75. The Balaban J connectivity index is 1.99. The van der Waals surface area contributed by atoms with Gasteiger partial charge in [0, 0.05) is 12.6 Å². The van der Waals surface area contributed by atoms with E-state index in [1.54, 1.807) is 32.0 Å². The average molecular weight is 454 g/mol. The van der Waals surface area contributed by atoms with E-state index in [0.717, 1.165) is 0 Å². The number of fused-ring (bicyclic) bond motifs is 1. The molecule has 0 N–H and O–H groups in total. The zero-order chi connectivity index (χ0) is 21.3. The standard InChI is InChI=1S/C21H21Cl2NO4S/c1-13(2)20(21(25)28-15-8-9-17(22)18(23)12-15)24-11-10-14(3)16-6-4-5-7-19(16)29(24,26)27/h4-9,12-13,20H,3,10-11H2,1-2H3/t20-/m0/s1. The number of hydrogen-bond acceptors (Lipinski definition) is 4. The molecular formula is C21H21Cl2NO4S. The highest BCUT2D eigenvalue weighted by atomic mass is 35.5. The molecule has 0 amide bonds. The Labute approximate surface area is 180 Å². The van der Waals surface area contributed by atoms with Crippen molar-refractivity contribution < 1.29 is 17.9 Å². The molecule has 0 aliphatic carbocycles. The van der Waals surface area contributed by atoms with E-state index in [-0.39, 0.29) is 28.1 Å². The first-order chi connectivity index (χ1) is 13.6. The van der Waals surface area contributed by atoms with E-state index in [4.69, 9.17) is 27.9 Å². The van der Waals surface area contributed by atoms with Gasteiger partial charge in [0.15, 0.2) is 0 Å². The highest BCUT2D eigenvalue weighted by molar-refractivity contribution is 7.89. The van der Waals surface area contributed by atoms with Crippen LogP contribution in [0.5, 0.6) is 5.75 Å². The van der Waals surface area contributed by atoms with Gasteiger partial charge in [0.25, 0.3) is 0 Å². The molecule has 0 fully saturated rings. The van der Waals surface area contributed by atoms with Crippen LogP contribution in [0.4, 0.5) is 0 Å². The van der Waals surface area contributed by atoms with Crippen molar-refractivity contribution in [2.24, 2.45) is 5.92 Å². The zero-order valence-corrected chi connectivity index (χ0v) is 18.4. The Bertz CT molecular complexity index is 1070. The van der Waals surface area contributed by atoms with Crippen LogP contribution in [0.15, 0.2) is 53.9 Å². The second kappa shape index (κ2) is 8.48. The summed E-state index contributed by atoms with van der Waals surface area (Å²) in [6.07, 6.45) is 0.416. The summed E-state index contributed by atoms with van der Waals surface area (Å²) in [5.74, 6) is -0.794. The predicted molar refractivity (Wildman–Crippen MR) is 115 cm³/mol. The van der Waals surface area contributed by atoms with Crippen LogP contribution >= 0.6 is 23.2 Å². The Morgan fingerprint density at radius 2 is 1.83 bits per heavy atom. The van der Waals surface area contributed by atoms with Gasteiger partial charge in [0.05, 0.1) is 14.9 Å². The number of carbonyl (C=O) groups excluding carboxylic acids is 1. The molecule has 8 heteroatoms. The van der Waals surface area contributed by atoms with Crippen LogP contribution in [0.3, 0.4) is 0 Å². The first-order valence-corrected chi connectivity index (χ1v) is 11.3. The molecule has 0 saturated heterocycles. The van der Waals surface area contributed by atoms with E-state index in [2.05, 4.69) is 6.58 Å². The summed E-state index contributed by atoms with van der Waals surface area (Å²) in [5, 5.41) is 0.572. The molecule has 3 rings (SSSR count). The van der Waals surface area contributed by atoms with Gasteiger partial charge in [-0.15, -0.1) is 0 Å². The lowest BCUT2D eigenvalue weighted by Crippen LogP contribution is -2.49. The quantitative estimate of drug-likeness (QED) is 0.480. The minimum Gasteiger partial charge on any atom is -0.425 e. The molecule has 2 aromatic carbocycles. The van der Waals surface area contributed by atoms with Crippen molar-refractivity contribution in [1.29, 1.82) is 0 Å². The summed E-state index contributed by atoms with van der Waals surface area (Å²) >= 11 is 11.9. The van der Waals surface area contributed by atoms with Gasteiger partial charge in [-0.2, -0.15) is 4.31 Å². The van der Waals surface area contributed by atoms with Crippen LogP contribution in [-0.4, -0.2) is 31.3 Å². The number of halogens is 2. The fraction of sp³-hybridized carbons (Fsp3) is 0.286. The fourth-order valence-electron chi connectivity index (χ4n) is 3.34. The zero-order valence-electron chi connectivity index (χ0n) is 16.1. The van der Waals surface area contributed by atoms with Gasteiger partial charge in [-0.3, -0.25) is 0 Å². The Kier molecular flexibility index (Phi) is 6.39. The fourth-order valence-corrected chi connectivity index (χ4v) is 5.58. The molecule has 0 saturated carbocycles. The van der Waals surface area contributed by atoms with Crippen molar-refractivity contribution in [3.05, 3.63) is 64.7 Å². The highest BCUT2D eigenvalue weighted by Gasteiger charge is 2.41. The SMILES string of the molecule is C=C1CCN([C@H](C(=O)Oc2ccc(Cl)c(Cl)c2)C(C)C)S(=O)(=O)c2ccccc21. The number of benzene rings is 2. The Morgan fingerprint density at radius 1 is 1.14 bits per heavy atom. The summed E-state index contributed by atoms with van der Waals surface area (Å²) in [6, 6.07) is 10.1. The molecule has 0 aromatic heterocycles. The highest BCUT2D eigenvalue weighted by Crippen LogP contribution is 2.34. The molecule has 1 atom stereocenters. The van der Waals surface area contributed by atoms with Crippen LogP contribution in [-0.2, 0) is 14.8 Å². The topological polar surface area (TPSA) is 63.7 Å². The van der Waals surface area contributed by atoms with E-state index in [9.17, 15) is 13.2 Å². The summed E-state index contributed by atoms with van der Waals surface area (Å²) in [4.78, 5) is 13.2. The molecule has 0 bridgehead atoms. The lowest BCUT2D eigenvalue weighted by molar-refractivity contribution is -0.140. The van der Waals surface area contributed by atoms with Gasteiger partial charge in [-0.25, -0.2) is 13.2 Å². The lowest BCUT2D eigenvalue weighted by atomic mass is 10.0. The predicted octanol–water partition coefficient (Wildman–Crippen LogP) is 5.03. The van der Waals surface area contributed by atoms with Crippen LogP contribution in [0.25, 0.3) is 5.57 Å². The minimum atomic E-state index is -3.92. The first kappa shape index (κ1) is 21.8. The molecule has 1 heterocycles. The summed E-state index contributed by atoms with van der Waals surface area (Å²) < 4.78 is 33.5. The lowest BCUT2D eigenvalue weighted by Gasteiger charge is -2.30. The number of hydrogen-bond donors (Lipinski definition) is 0. The summed E-state index contributed by atoms with van der Waals surface area (Å²) in [7, 11) is -3.92. The van der Waals surface area contributed by atoms with Crippen molar-refractivity contribution in [2.45, 2.75) is 31.2 Å². The van der Waals surface area contributed by atoms with Crippen LogP contribution < -0.4 is 4.74 Å². The van der Waals surface area contributed by atoms with Crippen molar-refractivity contribution >= 4 is 44.8 Å². The first-order valence-electron chi connectivity index (χ1n) is 9.08. The number of ether oxygens (including phenoxy) is 1. The van der Waals surface area contributed by atoms with Gasteiger partial charge in [-0.05, 0) is 41.7 Å². The molecule has 0 spiro atoms. The number of esters is 1. The van der Waals surface area contributed by atoms with E-state index in [1.165, 1.54) is 28.6 Å². The van der Waals surface area contributed by atoms with Crippen molar-refractivity contribution in [3.8, 4) is 5.75 Å². The van der Waals surface area contributed by atoms with Crippen molar-refractivity contribution in [3.63, 3.8) is 0 Å². The largest absolute Gasteiger partial charge is 0.425 e. The third kappa shape index (κ3) is 4.36. The summed E-state index contributed by atoms with van der Waals surface area (Å²) in [6.45, 7) is 7.71. The molecule has 29 heavy (non-hydrogen) atoms. The van der Waals surface area contributed by atoms with Gasteiger partial charge < -0.3 is 4.74 Å². The second-order valence-electron chi connectivity index (χ2n) is 7.15. The summed E-state index contributed by atoms with van der Waals surface area (Å²) in [5.41, 5.74) is 1.29. The maximum atomic E-state index is 13.4.